The number of thioether (sulfide) groups is 2. The lowest BCUT2D eigenvalue weighted by molar-refractivity contribution is -0.126. The number of nitrogens with one attached hydrogen (secondary N) is 1. The van der Waals surface area contributed by atoms with Gasteiger partial charge in [0.15, 0.2) is 4.34 Å². The van der Waals surface area contributed by atoms with E-state index in [1.165, 1.54) is 39.1 Å². The highest BCUT2D eigenvalue weighted by Gasteiger charge is 2.33. The Morgan fingerprint density at radius 3 is 2.62 bits per heavy atom. The predicted octanol–water partition coefficient (Wildman–Crippen LogP) is 4.99. The largest absolute Gasteiger partial charge is 0.497 e. The average molecular weight is 529 g/mol. The number of carbonyl (C=O) groups is 2. The number of thiocarbonyl (C=S) groups is 1. The molecule has 1 aliphatic heterocycles. The van der Waals surface area contributed by atoms with E-state index in [1.54, 1.807) is 24.9 Å². The molecule has 7 nitrogen and oxygen atoms in total. The second-order valence-corrected chi connectivity index (χ2v) is 11.1. The van der Waals surface area contributed by atoms with Gasteiger partial charge in [0.25, 0.3) is 5.91 Å². The van der Waals surface area contributed by atoms with Crippen molar-refractivity contribution in [3.8, 4) is 5.75 Å². The molecule has 0 atom stereocenters. The molecule has 1 aromatic heterocycles. The molecular weight excluding hydrogens is 509 g/mol. The van der Waals surface area contributed by atoms with Crippen LogP contribution in [0.1, 0.15) is 16.7 Å². The van der Waals surface area contributed by atoms with Crippen molar-refractivity contribution in [2.45, 2.75) is 17.0 Å². The zero-order valence-corrected chi connectivity index (χ0v) is 21.6. The fraction of sp³-hybridized carbons (Fsp3) is 0.174. The third-order valence-corrected chi connectivity index (χ3v) is 8.15. The molecule has 0 bridgehead atoms. The van der Waals surface area contributed by atoms with Gasteiger partial charge in [-0.05, 0) is 36.3 Å². The summed E-state index contributed by atoms with van der Waals surface area (Å²) >= 11 is 9.35. The molecule has 1 aliphatic rings. The Hall–Kier alpha value is -2.73. The van der Waals surface area contributed by atoms with Gasteiger partial charge in [0.05, 0.1) is 12.0 Å². The van der Waals surface area contributed by atoms with Crippen LogP contribution in [0.2, 0.25) is 0 Å². The summed E-state index contributed by atoms with van der Waals surface area (Å²) in [7, 11) is 1.60. The minimum absolute atomic E-state index is 0.184. The highest BCUT2D eigenvalue weighted by atomic mass is 32.2. The lowest BCUT2D eigenvalue weighted by atomic mass is 10.2. The normalized spacial score (nSPS) is 14.6. The lowest BCUT2D eigenvalue weighted by Gasteiger charge is -2.13. The molecule has 0 radical (unpaired) electrons. The van der Waals surface area contributed by atoms with Crippen molar-refractivity contribution in [1.29, 1.82) is 0 Å². The van der Waals surface area contributed by atoms with Gasteiger partial charge >= 0.3 is 0 Å². The Bertz CT molecular complexity index is 1240. The molecule has 1 fully saturated rings. The summed E-state index contributed by atoms with van der Waals surface area (Å²) in [6, 6.07) is 15.6. The van der Waals surface area contributed by atoms with Gasteiger partial charge in [-0.15, -0.1) is 10.2 Å². The number of hydrogen-bond acceptors (Lipinski definition) is 9. The van der Waals surface area contributed by atoms with Gasteiger partial charge in [-0.3, -0.25) is 19.8 Å². The zero-order valence-electron chi connectivity index (χ0n) is 18.3. The van der Waals surface area contributed by atoms with E-state index in [0.29, 0.717) is 14.4 Å². The summed E-state index contributed by atoms with van der Waals surface area (Å²) in [4.78, 5) is 27.1. The molecule has 174 valence electrons. The van der Waals surface area contributed by atoms with E-state index in [-0.39, 0.29) is 18.4 Å². The van der Waals surface area contributed by atoms with Crippen LogP contribution in [-0.4, -0.2) is 44.9 Å². The van der Waals surface area contributed by atoms with Crippen LogP contribution in [0.3, 0.4) is 0 Å². The third kappa shape index (κ3) is 6.23. The SMILES string of the molecule is COc1ccc(/C=C2\SC(=S)N(CC(=O)Nc3nnc(SCc4ccc(C)cc4)s3)C2=O)cc1. The molecule has 2 aromatic carbocycles. The minimum Gasteiger partial charge on any atom is -0.497 e. The number of aromatic nitrogens is 2. The molecular formula is C23H20N4O3S4. The molecule has 1 saturated heterocycles. The number of hydrogen-bond donors (Lipinski definition) is 1. The lowest BCUT2D eigenvalue weighted by Crippen LogP contribution is -2.36. The van der Waals surface area contributed by atoms with E-state index in [4.69, 9.17) is 17.0 Å². The second-order valence-electron chi connectivity index (χ2n) is 7.24. The standard InChI is InChI=1S/C23H20N4O3S4/c1-14-3-5-16(6-4-14)13-32-22-26-25-21(34-22)24-19(28)12-27-20(29)18(33-23(27)31)11-15-7-9-17(30-2)10-8-15/h3-11H,12-13H2,1-2H3,(H,24,25,28)/b18-11-. The molecule has 2 heterocycles. The quantitative estimate of drug-likeness (QED) is 0.190. The van der Waals surface area contributed by atoms with Crippen LogP contribution >= 0.6 is 47.1 Å². The summed E-state index contributed by atoms with van der Waals surface area (Å²) in [5.74, 6) is 0.815. The molecule has 0 saturated carbocycles. The number of amides is 2. The molecule has 34 heavy (non-hydrogen) atoms. The van der Waals surface area contributed by atoms with Crippen LogP contribution in [0.15, 0.2) is 57.8 Å². The Morgan fingerprint density at radius 2 is 1.91 bits per heavy atom. The van der Waals surface area contributed by atoms with E-state index >= 15 is 0 Å². The summed E-state index contributed by atoms with van der Waals surface area (Å²) in [6.45, 7) is 1.87. The van der Waals surface area contributed by atoms with E-state index in [9.17, 15) is 9.59 Å². The van der Waals surface area contributed by atoms with Crippen LogP contribution < -0.4 is 10.1 Å². The third-order valence-electron chi connectivity index (χ3n) is 4.72. The molecule has 2 amide bonds. The maximum Gasteiger partial charge on any atom is 0.266 e. The second kappa shape index (κ2) is 11.1. The van der Waals surface area contributed by atoms with Crippen molar-refractivity contribution in [1.82, 2.24) is 15.1 Å². The number of anilines is 1. The smallest absolute Gasteiger partial charge is 0.266 e. The topological polar surface area (TPSA) is 84.4 Å². The van der Waals surface area contributed by atoms with Crippen molar-refractivity contribution in [2.75, 3.05) is 19.0 Å². The van der Waals surface area contributed by atoms with Gasteiger partial charge in [-0.25, -0.2) is 0 Å². The molecule has 3 aromatic rings. The van der Waals surface area contributed by atoms with Crippen LogP contribution in [0, 0.1) is 6.92 Å². The van der Waals surface area contributed by atoms with Crippen molar-refractivity contribution >= 4 is 74.4 Å². The fourth-order valence-electron chi connectivity index (χ4n) is 2.94. The Labute approximate surface area is 215 Å². The Kier molecular flexibility index (Phi) is 7.99. The minimum atomic E-state index is -0.381. The Morgan fingerprint density at radius 1 is 1.18 bits per heavy atom. The molecule has 0 aliphatic carbocycles. The number of aryl methyl sites for hydroxylation is 1. The number of rotatable bonds is 8. The molecule has 1 N–H and O–H groups in total. The van der Waals surface area contributed by atoms with Crippen molar-refractivity contribution in [2.24, 2.45) is 0 Å². The van der Waals surface area contributed by atoms with E-state index in [2.05, 4.69) is 46.7 Å². The van der Waals surface area contributed by atoms with Gasteiger partial charge in [-0.2, -0.15) is 0 Å². The van der Waals surface area contributed by atoms with Gasteiger partial charge in [-0.1, -0.05) is 89.0 Å². The monoisotopic (exact) mass is 528 g/mol. The number of nitrogens with zero attached hydrogens (tertiary/aromatic N) is 3. The maximum absolute atomic E-state index is 12.8. The summed E-state index contributed by atoms with van der Waals surface area (Å²) in [6.07, 6.45) is 1.75. The zero-order chi connectivity index (χ0) is 24.1. The van der Waals surface area contributed by atoms with Gasteiger partial charge < -0.3 is 4.74 Å². The highest BCUT2D eigenvalue weighted by molar-refractivity contribution is 8.26. The van der Waals surface area contributed by atoms with Crippen molar-refractivity contribution in [3.63, 3.8) is 0 Å². The summed E-state index contributed by atoms with van der Waals surface area (Å²) in [5, 5.41) is 11.3. The first-order valence-electron chi connectivity index (χ1n) is 10.1. The number of benzene rings is 2. The van der Waals surface area contributed by atoms with Crippen molar-refractivity contribution in [3.05, 3.63) is 70.1 Å². The van der Waals surface area contributed by atoms with E-state index < -0.39 is 0 Å². The highest BCUT2D eigenvalue weighted by Crippen LogP contribution is 2.33. The number of carbonyl (C=O) groups excluding carboxylic acids is 2. The fourth-order valence-corrected chi connectivity index (χ4v) is 5.92. The van der Waals surface area contributed by atoms with Crippen LogP contribution in [0.5, 0.6) is 5.75 Å². The van der Waals surface area contributed by atoms with Gasteiger partial charge in [0, 0.05) is 5.75 Å². The first-order chi connectivity index (χ1) is 16.4. The Balaban J connectivity index is 1.32. The summed E-state index contributed by atoms with van der Waals surface area (Å²) < 4.78 is 6.24. The first kappa shape index (κ1) is 24.4. The maximum atomic E-state index is 12.8. The first-order valence-corrected chi connectivity index (χ1v) is 13.1. The molecule has 11 heteroatoms. The van der Waals surface area contributed by atoms with Crippen LogP contribution in [-0.2, 0) is 15.3 Å². The number of ether oxygens (including phenoxy) is 1. The van der Waals surface area contributed by atoms with Crippen LogP contribution in [0.25, 0.3) is 6.08 Å². The van der Waals surface area contributed by atoms with Gasteiger partial charge in [0.2, 0.25) is 11.0 Å². The number of methoxy groups -OCH3 is 1. The van der Waals surface area contributed by atoms with Gasteiger partial charge in [0.1, 0.15) is 16.6 Å². The molecule has 4 rings (SSSR count). The average Bonchev–Trinajstić information content (AvgIpc) is 3.38. The molecule has 0 unspecified atom stereocenters. The van der Waals surface area contributed by atoms with Crippen molar-refractivity contribution < 1.29 is 14.3 Å². The van der Waals surface area contributed by atoms with E-state index in [0.717, 1.165) is 21.4 Å². The van der Waals surface area contributed by atoms with E-state index in [1.807, 2.05) is 24.3 Å². The van der Waals surface area contributed by atoms with Crippen LogP contribution in [0.4, 0.5) is 5.13 Å². The predicted molar refractivity (Wildman–Crippen MR) is 142 cm³/mol. The molecule has 0 spiro atoms. The summed E-state index contributed by atoms with van der Waals surface area (Å²) in [5.41, 5.74) is 3.25.